The molecule has 2 unspecified atom stereocenters. The fourth-order valence-electron chi connectivity index (χ4n) is 4.16. The van der Waals surface area contributed by atoms with Crippen molar-refractivity contribution in [1.82, 2.24) is 9.80 Å². The van der Waals surface area contributed by atoms with Crippen molar-refractivity contribution >= 4 is 11.6 Å². The first-order chi connectivity index (χ1) is 13.7. The lowest BCUT2D eigenvalue weighted by atomic mass is 9.89. The largest absolute Gasteiger partial charge is 0.369 e. The van der Waals surface area contributed by atoms with Gasteiger partial charge in [0.25, 0.3) is 0 Å². The minimum Gasteiger partial charge on any atom is -0.369 e. The number of aliphatic imine (C=N–C) groups is 1. The summed E-state index contributed by atoms with van der Waals surface area (Å²) < 4.78 is 0. The predicted molar refractivity (Wildman–Crippen MR) is 123 cm³/mol. The summed E-state index contributed by atoms with van der Waals surface area (Å²) in [6.07, 6.45) is 6.35. The number of aryl methyl sites for hydroxylation is 1. The van der Waals surface area contributed by atoms with Crippen LogP contribution in [0.1, 0.15) is 39.2 Å². The number of hydrogen-bond acceptors (Lipinski definition) is 5. The number of hydrogen-bond donors (Lipinski definition) is 2. The Bertz CT molecular complexity index is 820. The van der Waals surface area contributed by atoms with Crippen molar-refractivity contribution in [3.8, 4) is 0 Å². The molecule has 0 aliphatic carbocycles. The molecule has 0 spiro atoms. The second kappa shape index (κ2) is 8.36. The Morgan fingerprint density at radius 1 is 1.34 bits per heavy atom. The molecule has 0 radical (unpaired) electrons. The van der Waals surface area contributed by atoms with Gasteiger partial charge in [-0.1, -0.05) is 50.8 Å². The second-order valence-electron chi connectivity index (χ2n) is 8.92. The van der Waals surface area contributed by atoms with Crippen molar-refractivity contribution < 1.29 is 0 Å². The van der Waals surface area contributed by atoms with Crippen LogP contribution < -0.4 is 11.1 Å². The fourth-order valence-corrected chi connectivity index (χ4v) is 4.16. The van der Waals surface area contributed by atoms with Crippen molar-refractivity contribution in [2.45, 2.75) is 46.1 Å². The monoisotopic (exact) mass is 393 g/mol. The van der Waals surface area contributed by atoms with Crippen molar-refractivity contribution in [2.75, 3.05) is 18.4 Å². The van der Waals surface area contributed by atoms with Crippen molar-refractivity contribution in [3.05, 3.63) is 66.8 Å². The number of nitrogens with two attached hydrogens (primary N) is 1. The summed E-state index contributed by atoms with van der Waals surface area (Å²) in [4.78, 5) is 9.01. The lowest BCUT2D eigenvalue weighted by Crippen LogP contribution is -2.39. The van der Waals surface area contributed by atoms with E-state index in [1.807, 2.05) is 0 Å². The molecule has 2 atom stereocenters. The van der Waals surface area contributed by atoms with E-state index in [9.17, 15) is 0 Å². The van der Waals surface area contributed by atoms with E-state index in [1.54, 1.807) is 0 Å². The maximum atomic E-state index is 6.27. The Kier molecular flexibility index (Phi) is 6.06. The highest BCUT2D eigenvalue weighted by molar-refractivity contribution is 5.83. The van der Waals surface area contributed by atoms with Crippen LogP contribution in [0.25, 0.3) is 0 Å². The number of guanidine groups is 1. The van der Waals surface area contributed by atoms with Crippen LogP contribution in [0.4, 0.5) is 5.69 Å². The van der Waals surface area contributed by atoms with Gasteiger partial charge in [0.05, 0.1) is 0 Å². The molecule has 2 aliphatic heterocycles. The topological polar surface area (TPSA) is 56.9 Å². The van der Waals surface area contributed by atoms with Gasteiger partial charge in [0.1, 0.15) is 11.4 Å². The summed E-state index contributed by atoms with van der Waals surface area (Å²) >= 11 is 0. The number of nitrogens with one attached hydrogen (secondary N) is 1. The van der Waals surface area contributed by atoms with Crippen molar-refractivity contribution in [2.24, 2.45) is 22.6 Å². The van der Waals surface area contributed by atoms with Crippen LogP contribution >= 0.6 is 0 Å². The molecule has 0 fully saturated rings. The molecule has 29 heavy (non-hydrogen) atoms. The molecule has 5 heteroatoms. The minimum atomic E-state index is -0.283. The van der Waals surface area contributed by atoms with Gasteiger partial charge in [-0.05, 0) is 50.7 Å². The Labute approximate surface area is 175 Å². The molecule has 0 bridgehead atoms. The zero-order valence-electron chi connectivity index (χ0n) is 18.3. The Morgan fingerprint density at radius 2 is 2.03 bits per heavy atom. The minimum absolute atomic E-state index is 0.283. The van der Waals surface area contributed by atoms with E-state index in [2.05, 4.69) is 92.5 Å². The van der Waals surface area contributed by atoms with Gasteiger partial charge in [0.15, 0.2) is 5.96 Å². The Morgan fingerprint density at radius 3 is 2.62 bits per heavy atom. The molecule has 0 saturated carbocycles. The molecule has 0 saturated heterocycles. The first-order valence-corrected chi connectivity index (χ1v) is 10.5. The van der Waals surface area contributed by atoms with Gasteiger partial charge in [-0.3, -0.25) is 0 Å². The second-order valence-corrected chi connectivity index (χ2v) is 8.92. The number of anilines is 1. The molecule has 156 valence electrons. The normalized spacial score (nSPS) is 24.2. The van der Waals surface area contributed by atoms with Crippen molar-refractivity contribution in [3.63, 3.8) is 0 Å². The zero-order chi connectivity index (χ0) is 21.2. The van der Waals surface area contributed by atoms with Crippen LogP contribution in [0, 0.1) is 18.8 Å². The number of benzene rings is 1. The lowest BCUT2D eigenvalue weighted by molar-refractivity contribution is 0.326. The third kappa shape index (κ3) is 4.84. The van der Waals surface area contributed by atoms with Crippen LogP contribution in [0.2, 0.25) is 0 Å². The molecule has 2 aliphatic rings. The van der Waals surface area contributed by atoms with Crippen LogP contribution in [0.15, 0.2) is 66.2 Å². The van der Waals surface area contributed by atoms with Gasteiger partial charge in [0, 0.05) is 30.7 Å². The highest BCUT2D eigenvalue weighted by Crippen LogP contribution is 2.36. The van der Waals surface area contributed by atoms with Gasteiger partial charge in [0.2, 0.25) is 0 Å². The quantitative estimate of drug-likeness (QED) is 0.707. The summed E-state index contributed by atoms with van der Waals surface area (Å²) in [5, 5.41) is 3.39. The third-order valence-corrected chi connectivity index (χ3v) is 5.77. The molecule has 5 nitrogen and oxygen atoms in total. The average Bonchev–Trinajstić information content (AvgIpc) is 2.86. The van der Waals surface area contributed by atoms with Crippen LogP contribution in [-0.4, -0.2) is 34.4 Å². The Balaban J connectivity index is 1.57. The molecular formula is C24H35N5. The molecule has 3 rings (SSSR count). The molecule has 3 N–H and O–H groups in total. The highest BCUT2D eigenvalue weighted by Gasteiger charge is 2.39. The van der Waals surface area contributed by atoms with Gasteiger partial charge in [-0.15, -0.1) is 0 Å². The van der Waals surface area contributed by atoms with Gasteiger partial charge in [-0.25, -0.2) is 4.99 Å². The molecule has 1 aromatic rings. The van der Waals surface area contributed by atoms with Crippen LogP contribution in [-0.2, 0) is 0 Å². The van der Waals surface area contributed by atoms with Gasteiger partial charge >= 0.3 is 0 Å². The van der Waals surface area contributed by atoms with E-state index >= 15 is 0 Å². The van der Waals surface area contributed by atoms with E-state index in [-0.39, 0.29) is 5.54 Å². The first-order valence-electron chi connectivity index (χ1n) is 10.5. The molecular weight excluding hydrogens is 358 g/mol. The van der Waals surface area contributed by atoms with E-state index in [1.165, 1.54) is 5.56 Å². The third-order valence-electron chi connectivity index (χ3n) is 5.77. The maximum absolute atomic E-state index is 6.27. The zero-order valence-corrected chi connectivity index (χ0v) is 18.3. The van der Waals surface area contributed by atoms with Gasteiger partial charge < -0.3 is 20.9 Å². The number of nitrogens with zero attached hydrogens (tertiary/aromatic N) is 3. The SMILES string of the molecule is C=C(Nc1ccc(C)cc1)N1C=CC(CN2C(=C)C(C)(CC(C)C)N=C2N)CC1. The lowest BCUT2D eigenvalue weighted by Gasteiger charge is -2.33. The fraction of sp³-hybridized carbons (Fsp3) is 0.458. The van der Waals surface area contributed by atoms with E-state index in [0.29, 0.717) is 17.8 Å². The van der Waals surface area contributed by atoms with Crippen LogP contribution in [0.3, 0.4) is 0 Å². The smallest absolute Gasteiger partial charge is 0.196 e. The summed E-state index contributed by atoms with van der Waals surface area (Å²) in [5.41, 5.74) is 9.30. The van der Waals surface area contributed by atoms with Crippen LogP contribution in [0.5, 0.6) is 0 Å². The molecule has 0 amide bonds. The molecule has 1 aromatic carbocycles. The highest BCUT2D eigenvalue weighted by atomic mass is 15.3. The van der Waals surface area contributed by atoms with E-state index < -0.39 is 0 Å². The number of rotatable bonds is 7. The van der Waals surface area contributed by atoms with Gasteiger partial charge in [-0.2, -0.15) is 0 Å². The van der Waals surface area contributed by atoms with Crippen molar-refractivity contribution in [1.29, 1.82) is 0 Å². The van der Waals surface area contributed by atoms with E-state index in [0.717, 1.165) is 43.1 Å². The summed E-state index contributed by atoms with van der Waals surface area (Å²) in [5.74, 6) is 2.44. The predicted octanol–water partition coefficient (Wildman–Crippen LogP) is 4.66. The molecule has 0 aromatic heterocycles. The molecule has 2 heterocycles. The summed E-state index contributed by atoms with van der Waals surface area (Å²) in [6.45, 7) is 18.9. The standard InChI is InChI=1S/C24H35N5/c1-17(2)15-24(6)19(4)29(23(25)27-24)16-21-11-13-28(14-12-21)20(5)26-22-9-7-18(3)8-10-22/h7-11,13,17,21,26H,4-5,12,14-16H2,1-3,6H3,(H2,25,27). The summed E-state index contributed by atoms with van der Waals surface area (Å²) in [6, 6.07) is 8.34. The summed E-state index contributed by atoms with van der Waals surface area (Å²) in [7, 11) is 0. The Hall–Kier alpha value is -2.69. The maximum Gasteiger partial charge on any atom is 0.196 e. The first kappa shape index (κ1) is 21.0. The average molecular weight is 394 g/mol. The van der Waals surface area contributed by atoms with E-state index in [4.69, 9.17) is 10.7 Å².